The van der Waals surface area contributed by atoms with Crippen molar-refractivity contribution in [2.45, 2.75) is 25.6 Å². The largest absolute Gasteiger partial charge is 0.356 e. The molecule has 0 radical (unpaired) electrons. The van der Waals surface area contributed by atoms with Crippen LogP contribution in [0.25, 0.3) is 0 Å². The lowest BCUT2D eigenvalue weighted by Crippen LogP contribution is -2.38. The van der Waals surface area contributed by atoms with Crippen molar-refractivity contribution in [2.24, 2.45) is 0 Å². The highest BCUT2D eigenvalue weighted by Crippen LogP contribution is 2.11. The number of amides is 1. The van der Waals surface area contributed by atoms with Crippen LogP contribution in [-0.4, -0.2) is 25.2 Å². The molecule has 1 aliphatic heterocycles. The molecular formula is C6H9F2NO2. The molecular weight excluding hydrogens is 156 g/mol. The van der Waals surface area contributed by atoms with E-state index in [9.17, 15) is 13.6 Å². The first kappa shape index (κ1) is 8.39. The average molecular weight is 165 g/mol. The van der Waals surface area contributed by atoms with Gasteiger partial charge in [-0.15, -0.1) is 0 Å². The normalized spacial score (nSPS) is 25.4. The number of halogens is 2. The molecule has 1 saturated heterocycles. The van der Waals surface area contributed by atoms with E-state index in [4.69, 9.17) is 0 Å². The molecule has 1 atom stereocenters. The van der Waals surface area contributed by atoms with Gasteiger partial charge in [-0.05, 0) is 6.42 Å². The summed E-state index contributed by atoms with van der Waals surface area (Å²) in [4.78, 5) is 10.6. The van der Waals surface area contributed by atoms with Crippen LogP contribution in [0.1, 0.15) is 12.8 Å². The van der Waals surface area contributed by atoms with Gasteiger partial charge in [-0.3, -0.25) is 4.79 Å². The molecule has 1 N–H and O–H groups in total. The van der Waals surface area contributed by atoms with Gasteiger partial charge < -0.3 is 10.1 Å². The Kier molecular flexibility index (Phi) is 2.76. The summed E-state index contributed by atoms with van der Waals surface area (Å²) in [6.45, 7) is -2.35. The molecule has 5 heteroatoms. The van der Waals surface area contributed by atoms with Crippen LogP contribution in [0.2, 0.25) is 0 Å². The van der Waals surface area contributed by atoms with Gasteiger partial charge in [0, 0.05) is 6.54 Å². The van der Waals surface area contributed by atoms with Gasteiger partial charge in [-0.1, -0.05) is 0 Å². The van der Waals surface area contributed by atoms with Gasteiger partial charge >= 0.3 is 6.61 Å². The van der Waals surface area contributed by atoms with Crippen molar-refractivity contribution in [1.29, 1.82) is 0 Å². The number of hydrogen-bond donors (Lipinski definition) is 1. The fourth-order valence-corrected chi connectivity index (χ4v) is 1.02. The molecule has 1 unspecified atom stereocenters. The van der Waals surface area contributed by atoms with Crippen molar-refractivity contribution in [1.82, 2.24) is 5.32 Å². The maximum atomic E-state index is 11.6. The lowest BCUT2D eigenvalue weighted by atomic mass is 10.1. The van der Waals surface area contributed by atoms with E-state index in [-0.39, 0.29) is 12.3 Å². The van der Waals surface area contributed by atoms with Gasteiger partial charge in [0.05, 0.1) is 12.5 Å². The molecule has 3 nitrogen and oxygen atoms in total. The van der Waals surface area contributed by atoms with E-state index in [0.29, 0.717) is 13.0 Å². The van der Waals surface area contributed by atoms with Crippen LogP contribution in [-0.2, 0) is 9.53 Å². The minimum Gasteiger partial charge on any atom is -0.356 e. The quantitative estimate of drug-likeness (QED) is 0.647. The lowest BCUT2D eigenvalue weighted by Gasteiger charge is -2.21. The van der Waals surface area contributed by atoms with Crippen LogP contribution in [0.4, 0.5) is 8.78 Å². The third-order valence-electron chi connectivity index (χ3n) is 1.50. The lowest BCUT2D eigenvalue weighted by molar-refractivity contribution is -0.171. The number of nitrogens with one attached hydrogen (secondary N) is 1. The predicted octanol–water partition coefficient (Wildman–Crippen LogP) is 0.504. The first-order valence-corrected chi connectivity index (χ1v) is 3.39. The second-order valence-electron chi connectivity index (χ2n) is 2.36. The molecule has 1 rings (SSSR count). The third kappa shape index (κ3) is 2.80. The Morgan fingerprint density at radius 1 is 1.64 bits per heavy atom. The predicted molar refractivity (Wildman–Crippen MR) is 33.1 cm³/mol. The molecule has 0 aromatic rings. The number of piperidine rings is 1. The summed E-state index contributed by atoms with van der Waals surface area (Å²) in [6.07, 6.45) is -0.0933. The summed E-state index contributed by atoms with van der Waals surface area (Å²) in [5.74, 6) is -0.220. The highest BCUT2D eigenvalue weighted by Gasteiger charge is 2.22. The smallest absolute Gasteiger partial charge is 0.345 e. The summed E-state index contributed by atoms with van der Waals surface area (Å²) in [7, 11) is 0. The van der Waals surface area contributed by atoms with Gasteiger partial charge in [-0.2, -0.15) is 8.78 Å². The SMILES string of the molecule is O=C1CC(OC(F)F)CCN1. The second kappa shape index (κ2) is 3.61. The first-order valence-electron chi connectivity index (χ1n) is 3.39. The number of carbonyl (C=O) groups excluding carboxylic acids is 1. The van der Waals surface area contributed by atoms with Gasteiger partial charge in [-0.25, -0.2) is 0 Å². The van der Waals surface area contributed by atoms with Crippen LogP contribution < -0.4 is 5.32 Å². The van der Waals surface area contributed by atoms with Crippen LogP contribution >= 0.6 is 0 Å². The summed E-state index contributed by atoms with van der Waals surface area (Å²) < 4.78 is 27.4. The average Bonchev–Trinajstić information content (AvgIpc) is 1.85. The second-order valence-corrected chi connectivity index (χ2v) is 2.36. The topological polar surface area (TPSA) is 38.3 Å². The Balaban J connectivity index is 2.28. The van der Waals surface area contributed by atoms with Crippen LogP contribution in [0, 0.1) is 0 Å². The zero-order valence-electron chi connectivity index (χ0n) is 5.85. The van der Waals surface area contributed by atoms with Crippen molar-refractivity contribution >= 4 is 5.91 Å². The number of ether oxygens (including phenoxy) is 1. The summed E-state index contributed by atoms with van der Waals surface area (Å²) >= 11 is 0. The molecule has 1 fully saturated rings. The van der Waals surface area contributed by atoms with Crippen molar-refractivity contribution in [3.63, 3.8) is 0 Å². The number of alkyl halides is 2. The summed E-state index contributed by atoms with van der Waals surface area (Å²) in [5, 5.41) is 2.52. The highest BCUT2D eigenvalue weighted by molar-refractivity contribution is 5.77. The Morgan fingerprint density at radius 2 is 2.36 bits per heavy atom. The number of rotatable bonds is 2. The molecule has 0 spiro atoms. The van der Waals surface area contributed by atoms with Gasteiger partial charge in [0.1, 0.15) is 0 Å². The van der Waals surface area contributed by atoms with E-state index in [1.165, 1.54) is 0 Å². The Labute approximate surface area is 62.7 Å². The first-order chi connectivity index (χ1) is 5.18. The maximum absolute atomic E-state index is 11.6. The van der Waals surface area contributed by atoms with Crippen molar-refractivity contribution in [2.75, 3.05) is 6.54 Å². The molecule has 0 aromatic carbocycles. The van der Waals surface area contributed by atoms with Crippen molar-refractivity contribution in [3.05, 3.63) is 0 Å². The molecule has 1 heterocycles. The molecule has 11 heavy (non-hydrogen) atoms. The Hall–Kier alpha value is -0.710. The van der Waals surface area contributed by atoms with Gasteiger partial charge in [0.15, 0.2) is 0 Å². The van der Waals surface area contributed by atoms with Crippen LogP contribution in [0.3, 0.4) is 0 Å². The zero-order chi connectivity index (χ0) is 8.27. The van der Waals surface area contributed by atoms with E-state index < -0.39 is 12.7 Å². The number of carbonyl (C=O) groups is 1. The monoisotopic (exact) mass is 165 g/mol. The molecule has 0 bridgehead atoms. The molecule has 0 aliphatic carbocycles. The number of hydrogen-bond acceptors (Lipinski definition) is 2. The highest BCUT2D eigenvalue weighted by atomic mass is 19.3. The van der Waals surface area contributed by atoms with Gasteiger partial charge in [0.25, 0.3) is 0 Å². The zero-order valence-corrected chi connectivity index (χ0v) is 5.85. The van der Waals surface area contributed by atoms with E-state index in [2.05, 4.69) is 10.1 Å². The van der Waals surface area contributed by atoms with Crippen molar-refractivity contribution < 1.29 is 18.3 Å². The minimum atomic E-state index is -2.77. The molecule has 0 aromatic heterocycles. The summed E-state index contributed by atoms with van der Waals surface area (Å²) in [5.41, 5.74) is 0. The van der Waals surface area contributed by atoms with E-state index >= 15 is 0 Å². The van der Waals surface area contributed by atoms with Crippen LogP contribution in [0.5, 0.6) is 0 Å². The maximum Gasteiger partial charge on any atom is 0.345 e. The minimum absolute atomic E-state index is 0.0460. The fraction of sp³-hybridized carbons (Fsp3) is 0.833. The van der Waals surface area contributed by atoms with Gasteiger partial charge in [0.2, 0.25) is 5.91 Å². The molecule has 0 saturated carbocycles. The van der Waals surface area contributed by atoms with Crippen LogP contribution in [0.15, 0.2) is 0 Å². The summed E-state index contributed by atoms with van der Waals surface area (Å²) in [6, 6.07) is 0. The van der Waals surface area contributed by atoms with E-state index in [1.807, 2.05) is 0 Å². The molecule has 64 valence electrons. The standard InChI is InChI=1S/C6H9F2NO2/c7-6(8)11-4-1-2-9-5(10)3-4/h4,6H,1-3H2,(H,9,10). The van der Waals surface area contributed by atoms with E-state index in [1.54, 1.807) is 0 Å². The third-order valence-corrected chi connectivity index (χ3v) is 1.50. The van der Waals surface area contributed by atoms with E-state index in [0.717, 1.165) is 0 Å². The molecule has 1 aliphatic rings. The fourth-order valence-electron chi connectivity index (χ4n) is 1.02. The molecule has 1 amide bonds. The Bertz CT molecular complexity index is 152. The van der Waals surface area contributed by atoms with Crippen molar-refractivity contribution in [3.8, 4) is 0 Å². The Morgan fingerprint density at radius 3 is 2.91 bits per heavy atom.